The van der Waals surface area contributed by atoms with E-state index in [4.69, 9.17) is 0 Å². The molecule has 0 saturated heterocycles. The maximum atomic E-state index is 2.42. The van der Waals surface area contributed by atoms with Crippen LogP contribution in [-0.2, 0) is 0 Å². The van der Waals surface area contributed by atoms with Gasteiger partial charge < -0.3 is 4.90 Å². The number of rotatable bonds is 7. The number of nitrogens with zero attached hydrogens (tertiary/aromatic N) is 1. The fraction of sp³-hybridized carbons (Fsp3) is 0. The van der Waals surface area contributed by atoms with E-state index in [1.54, 1.807) is 0 Å². The topological polar surface area (TPSA) is 3.24 Å². The molecule has 0 N–H and O–H groups in total. The molecule has 10 aromatic rings. The summed E-state index contributed by atoms with van der Waals surface area (Å²) in [5.74, 6) is 0. The second-order valence-electron chi connectivity index (χ2n) is 13.7. The lowest BCUT2D eigenvalue weighted by molar-refractivity contribution is 1.28. The number of benzene rings is 9. The van der Waals surface area contributed by atoms with Crippen LogP contribution in [0, 0.1) is 0 Å². The highest BCUT2D eigenvalue weighted by atomic mass is 32.1. The Morgan fingerprint density at radius 3 is 1.57 bits per heavy atom. The summed E-state index contributed by atoms with van der Waals surface area (Å²) in [6.07, 6.45) is 0. The predicted octanol–water partition coefficient (Wildman–Crippen LogP) is 15.3. The molecule has 0 atom stereocenters. The minimum Gasteiger partial charge on any atom is -0.310 e. The number of anilines is 3. The van der Waals surface area contributed by atoms with Gasteiger partial charge in [0.15, 0.2) is 0 Å². The van der Waals surface area contributed by atoms with E-state index in [1.807, 2.05) is 11.3 Å². The van der Waals surface area contributed by atoms with E-state index < -0.39 is 0 Å². The first-order chi connectivity index (χ1) is 26.8. The van der Waals surface area contributed by atoms with E-state index in [9.17, 15) is 0 Å². The predicted molar refractivity (Wildman–Crippen MR) is 233 cm³/mol. The summed E-state index contributed by atoms with van der Waals surface area (Å²) in [6.45, 7) is 0. The van der Waals surface area contributed by atoms with Crippen molar-refractivity contribution in [2.45, 2.75) is 0 Å². The Morgan fingerprint density at radius 1 is 0.296 bits per heavy atom. The van der Waals surface area contributed by atoms with E-state index in [0.717, 1.165) is 17.1 Å². The smallest absolute Gasteiger partial charge is 0.0546 e. The third-order valence-electron chi connectivity index (χ3n) is 10.5. The van der Waals surface area contributed by atoms with Gasteiger partial charge in [-0.2, -0.15) is 0 Å². The van der Waals surface area contributed by atoms with Crippen molar-refractivity contribution in [1.29, 1.82) is 0 Å². The zero-order chi connectivity index (χ0) is 35.8. The molecule has 0 radical (unpaired) electrons. The second kappa shape index (κ2) is 13.7. The minimum atomic E-state index is 1.10. The van der Waals surface area contributed by atoms with Crippen molar-refractivity contribution < 1.29 is 0 Å². The van der Waals surface area contributed by atoms with Crippen molar-refractivity contribution in [3.8, 4) is 44.5 Å². The molecule has 54 heavy (non-hydrogen) atoms. The fourth-order valence-corrected chi connectivity index (χ4v) is 8.88. The van der Waals surface area contributed by atoms with Gasteiger partial charge in [0, 0.05) is 37.1 Å². The molecule has 254 valence electrons. The Labute approximate surface area is 319 Å². The monoisotopic (exact) mass is 705 g/mol. The van der Waals surface area contributed by atoms with E-state index in [1.165, 1.54) is 75.5 Å². The molecule has 0 spiro atoms. The fourth-order valence-electron chi connectivity index (χ4n) is 7.79. The quantitative estimate of drug-likeness (QED) is 0.160. The zero-order valence-corrected chi connectivity index (χ0v) is 30.4. The molecule has 0 fully saturated rings. The van der Waals surface area contributed by atoms with Gasteiger partial charge in [-0.15, -0.1) is 11.3 Å². The highest BCUT2D eigenvalue weighted by Crippen LogP contribution is 2.45. The highest BCUT2D eigenvalue weighted by Gasteiger charge is 2.20. The summed E-state index contributed by atoms with van der Waals surface area (Å²) in [5.41, 5.74) is 12.9. The maximum Gasteiger partial charge on any atom is 0.0546 e. The number of hydrogen-bond donors (Lipinski definition) is 0. The van der Waals surface area contributed by atoms with E-state index >= 15 is 0 Å². The van der Waals surface area contributed by atoms with Crippen LogP contribution in [-0.4, -0.2) is 0 Å². The number of hydrogen-bond acceptors (Lipinski definition) is 2. The summed E-state index contributed by atoms with van der Waals surface area (Å²) in [6, 6.07) is 77.2. The molecule has 2 heteroatoms. The molecular weight excluding hydrogens is 671 g/mol. The molecule has 0 bridgehead atoms. The molecule has 10 rings (SSSR count). The van der Waals surface area contributed by atoms with Gasteiger partial charge in [0.1, 0.15) is 0 Å². The summed E-state index contributed by atoms with van der Waals surface area (Å²) in [5, 5.41) is 5.12. The number of fused-ring (bicyclic) bond motifs is 4. The Bertz CT molecular complexity index is 2900. The first kappa shape index (κ1) is 32.0. The first-order valence-electron chi connectivity index (χ1n) is 18.4. The van der Waals surface area contributed by atoms with Crippen LogP contribution >= 0.6 is 11.3 Å². The van der Waals surface area contributed by atoms with Gasteiger partial charge in [0.2, 0.25) is 0 Å². The van der Waals surface area contributed by atoms with Crippen molar-refractivity contribution in [3.63, 3.8) is 0 Å². The van der Waals surface area contributed by atoms with Crippen molar-refractivity contribution in [2.24, 2.45) is 0 Å². The van der Waals surface area contributed by atoms with Crippen LogP contribution in [0.2, 0.25) is 0 Å². The van der Waals surface area contributed by atoms with Crippen LogP contribution in [0.4, 0.5) is 17.1 Å². The van der Waals surface area contributed by atoms with Crippen LogP contribution in [0.25, 0.3) is 75.5 Å². The van der Waals surface area contributed by atoms with E-state index in [0.29, 0.717) is 0 Å². The van der Waals surface area contributed by atoms with Crippen LogP contribution in [0.15, 0.2) is 212 Å². The summed E-state index contributed by atoms with van der Waals surface area (Å²) < 4.78 is 2.65. The third kappa shape index (κ3) is 5.84. The van der Waals surface area contributed by atoms with Gasteiger partial charge >= 0.3 is 0 Å². The molecular formula is C52H35NS. The zero-order valence-electron chi connectivity index (χ0n) is 29.6. The van der Waals surface area contributed by atoms with Crippen LogP contribution < -0.4 is 4.90 Å². The molecule has 1 heterocycles. The van der Waals surface area contributed by atoms with Gasteiger partial charge in [0.05, 0.1) is 5.69 Å². The average molecular weight is 706 g/mol. The summed E-state index contributed by atoms with van der Waals surface area (Å²) >= 11 is 1.86. The van der Waals surface area contributed by atoms with Crippen molar-refractivity contribution in [3.05, 3.63) is 212 Å². The second-order valence-corrected chi connectivity index (χ2v) is 14.8. The molecule has 9 aromatic carbocycles. The van der Waals surface area contributed by atoms with Crippen molar-refractivity contribution in [2.75, 3.05) is 4.90 Å². The molecule has 0 unspecified atom stereocenters. The van der Waals surface area contributed by atoms with E-state index in [-0.39, 0.29) is 0 Å². The van der Waals surface area contributed by atoms with Crippen LogP contribution in [0.1, 0.15) is 0 Å². The molecule has 1 aromatic heterocycles. The van der Waals surface area contributed by atoms with Crippen LogP contribution in [0.3, 0.4) is 0 Å². The third-order valence-corrected chi connectivity index (χ3v) is 11.6. The molecule has 0 aliphatic rings. The SMILES string of the molecule is c1ccc(-c2ccc(N(c3ccc(-c4ccc5sc6ccccc6c5c4)cc3)c3cc(-c4cccc5ccccc45)ccc3-c3ccccc3)cc2)cc1. The highest BCUT2D eigenvalue weighted by molar-refractivity contribution is 7.25. The Balaban J connectivity index is 1.15. The minimum absolute atomic E-state index is 1.10. The maximum absolute atomic E-state index is 2.42. The molecule has 0 aliphatic heterocycles. The van der Waals surface area contributed by atoms with Gasteiger partial charge in [-0.05, 0) is 98.2 Å². The molecule has 0 amide bonds. The van der Waals surface area contributed by atoms with Crippen LogP contribution in [0.5, 0.6) is 0 Å². The van der Waals surface area contributed by atoms with Gasteiger partial charge in [-0.25, -0.2) is 0 Å². The summed E-state index contributed by atoms with van der Waals surface area (Å²) in [4.78, 5) is 2.42. The molecule has 0 saturated carbocycles. The largest absolute Gasteiger partial charge is 0.310 e. The lowest BCUT2D eigenvalue weighted by Crippen LogP contribution is -2.11. The Morgan fingerprint density at radius 2 is 0.833 bits per heavy atom. The Kier molecular flexibility index (Phi) is 8.09. The average Bonchev–Trinajstić information content (AvgIpc) is 3.63. The van der Waals surface area contributed by atoms with Gasteiger partial charge in [-0.1, -0.05) is 164 Å². The lowest BCUT2D eigenvalue weighted by Gasteiger charge is -2.29. The Hall–Kier alpha value is -6.74. The van der Waals surface area contributed by atoms with Crippen molar-refractivity contribution >= 4 is 59.3 Å². The standard InChI is InChI=1S/C52H35NS/c1-3-12-36(13-4-1)37-22-28-43(29-23-37)53(44-30-24-38(25-31-44)41-27-33-52-49(34-41)48-19-9-10-21-51(48)54-52)50-35-42(26-32-47(50)40-14-5-2-6-15-40)46-20-11-17-39-16-7-8-18-45(39)46/h1-35H. The van der Waals surface area contributed by atoms with E-state index in [2.05, 4.69) is 217 Å². The summed E-state index contributed by atoms with van der Waals surface area (Å²) in [7, 11) is 0. The van der Waals surface area contributed by atoms with Gasteiger partial charge in [-0.3, -0.25) is 0 Å². The van der Waals surface area contributed by atoms with Gasteiger partial charge in [0.25, 0.3) is 0 Å². The molecule has 0 aliphatic carbocycles. The number of thiophene rings is 1. The van der Waals surface area contributed by atoms with Crippen molar-refractivity contribution in [1.82, 2.24) is 0 Å². The lowest BCUT2D eigenvalue weighted by atomic mass is 9.94. The normalized spacial score (nSPS) is 11.3. The first-order valence-corrected chi connectivity index (χ1v) is 19.2. The molecule has 1 nitrogen and oxygen atoms in total.